The summed E-state index contributed by atoms with van der Waals surface area (Å²) in [6.45, 7) is 0.140. The van der Waals surface area contributed by atoms with Gasteiger partial charge in [0.2, 0.25) is 5.88 Å². The van der Waals surface area contributed by atoms with Gasteiger partial charge >= 0.3 is 0 Å². The summed E-state index contributed by atoms with van der Waals surface area (Å²) in [6.07, 6.45) is 0. The third kappa shape index (κ3) is 2.24. The Balaban J connectivity index is 2.18. The number of nitroso groups, excluding NO2 is 1. The molecule has 1 heterocycles. The van der Waals surface area contributed by atoms with Crippen molar-refractivity contribution in [3.63, 3.8) is 0 Å². The fraction of sp³-hybridized carbons (Fsp3) is 0.0667. The molecule has 0 amide bonds. The molecule has 21 heavy (non-hydrogen) atoms. The molecular weight excluding hydrogens is 278 g/mol. The summed E-state index contributed by atoms with van der Waals surface area (Å²) >= 11 is 0. The molecule has 2 aromatic carbocycles. The Hall–Kier alpha value is -2.76. The van der Waals surface area contributed by atoms with Crippen LogP contribution in [0.4, 0.5) is 14.5 Å². The van der Waals surface area contributed by atoms with Gasteiger partial charge in [-0.05, 0) is 41.1 Å². The van der Waals surface area contributed by atoms with Crippen molar-refractivity contribution in [2.24, 2.45) is 5.18 Å². The van der Waals surface area contributed by atoms with Crippen LogP contribution in [0.25, 0.3) is 10.9 Å². The lowest BCUT2D eigenvalue weighted by molar-refractivity contribution is 0.430. The van der Waals surface area contributed by atoms with Gasteiger partial charge < -0.3 is 9.67 Å². The maximum Gasteiger partial charge on any atom is 0.222 e. The van der Waals surface area contributed by atoms with Crippen molar-refractivity contribution in [3.05, 3.63) is 64.6 Å². The van der Waals surface area contributed by atoms with E-state index in [2.05, 4.69) is 5.18 Å². The van der Waals surface area contributed by atoms with E-state index in [9.17, 15) is 18.8 Å². The van der Waals surface area contributed by atoms with Gasteiger partial charge in [0.05, 0.1) is 12.1 Å². The molecule has 0 aliphatic carbocycles. The summed E-state index contributed by atoms with van der Waals surface area (Å²) in [4.78, 5) is 10.9. The Morgan fingerprint density at radius 1 is 1.10 bits per heavy atom. The summed E-state index contributed by atoms with van der Waals surface area (Å²) in [6, 6.07) is 9.66. The molecular formula is C15H10F2N2O2. The molecule has 3 aromatic rings. The van der Waals surface area contributed by atoms with Crippen LogP contribution in [0.2, 0.25) is 0 Å². The normalized spacial score (nSPS) is 11.0. The van der Waals surface area contributed by atoms with Crippen LogP contribution in [0.15, 0.2) is 47.6 Å². The van der Waals surface area contributed by atoms with Gasteiger partial charge in [-0.25, -0.2) is 8.78 Å². The van der Waals surface area contributed by atoms with E-state index in [4.69, 9.17) is 0 Å². The SMILES string of the molecule is O=Nc1c(O)n(Cc2cccc(F)c2)c2ccc(F)cc12. The van der Waals surface area contributed by atoms with Gasteiger partial charge in [-0.15, -0.1) is 4.91 Å². The van der Waals surface area contributed by atoms with E-state index in [1.165, 1.54) is 28.8 Å². The summed E-state index contributed by atoms with van der Waals surface area (Å²) in [7, 11) is 0. The summed E-state index contributed by atoms with van der Waals surface area (Å²) in [5, 5.41) is 13.1. The Bertz CT molecular complexity index is 843. The van der Waals surface area contributed by atoms with E-state index in [1.54, 1.807) is 12.1 Å². The summed E-state index contributed by atoms with van der Waals surface area (Å²) in [5.74, 6) is -1.30. The smallest absolute Gasteiger partial charge is 0.222 e. The van der Waals surface area contributed by atoms with Crippen LogP contribution in [0, 0.1) is 16.5 Å². The molecule has 0 fully saturated rings. The van der Waals surface area contributed by atoms with E-state index in [-0.39, 0.29) is 23.5 Å². The number of halogens is 2. The minimum atomic E-state index is -0.532. The number of fused-ring (bicyclic) bond motifs is 1. The Labute approximate surface area is 118 Å². The second kappa shape index (κ2) is 4.97. The van der Waals surface area contributed by atoms with Gasteiger partial charge in [0.15, 0.2) is 5.69 Å². The molecule has 0 saturated heterocycles. The van der Waals surface area contributed by atoms with E-state index in [1.807, 2.05) is 0 Å². The predicted molar refractivity (Wildman–Crippen MR) is 74.5 cm³/mol. The van der Waals surface area contributed by atoms with E-state index in [0.717, 1.165) is 6.07 Å². The van der Waals surface area contributed by atoms with Gasteiger partial charge in [-0.2, -0.15) is 0 Å². The molecule has 1 aromatic heterocycles. The van der Waals surface area contributed by atoms with Crippen molar-refractivity contribution in [1.29, 1.82) is 0 Å². The van der Waals surface area contributed by atoms with E-state index >= 15 is 0 Å². The topological polar surface area (TPSA) is 54.6 Å². The first-order valence-electron chi connectivity index (χ1n) is 6.18. The quantitative estimate of drug-likeness (QED) is 0.738. The van der Waals surface area contributed by atoms with Crippen LogP contribution < -0.4 is 0 Å². The zero-order chi connectivity index (χ0) is 15.0. The summed E-state index contributed by atoms with van der Waals surface area (Å²) < 4.78 is 27.9. The third-order valence-electron chi connectivity index (χ3n) is 3.29. The first-order chi connectivity index (χ1) is 10.1. The minimum absolute atomic E-state index is 0.140. The highest BCUT2D eigenvalue weighted by Gasteiger charge is 2.18. The highest BCUT2D eigenvalue weighted by molar-refractivity contribution is 5.95. The maximum atomic E-state index is 13.3. The number of hydrogen-bond donors (Lipinski definition) is 1. The molecule has 106 valence electrons. The first-order valence-corrected chi connectivity index (χ1v) is 6.18. The predicted octanol–water partition coefficient (Wildman–Crippen LogP) is 4.07. The largest absolute Gasteiger partial charge is 0.493 e. The lowest BCUT2D eigenvalue weighted by Gasteiger charge is -2.07. The van der Waals surface area contributed by atoms with Crippen molar-refractivity contribution >= 4 is 16.6 Å². The molecule has 0 radical (unpaired) electrons. The van der Waals surface area contributed by atoms with E-state index in [0.29, 0.717) is 11.1 Å². The fourth-order valence-corrected chi connectivity index (χ4v) is 2.36. The van der Waals surface area contributed by atoms with Gasteiger partial charge in [0.1, 0.15) is 11.6 Å². The van der Waals surface area contributed by atoms with Gasteiger partial charge in [0.25, 0.3) is 0 Å². The van der Waals surface area contributed by atoms with Crippen LogP contribution in [0.3, 0.4) is 0 Å². The zero-order valence-corrected chi connectivity index (χ0v) is 10.8. The van der Waals surface area contributed by atoms with Crippen molar-refractivity contribution in [3.8, 4) is 5.88 Å². The number of benzene rings is 2. The van der Waals surface area contributed by atoms with Crippen LogP contribution in [0.1, 0.15) is 5.56 Å². The lowest BCUT2D eigenvalue weighted by Crippen LogP contribution is -1.99. The molecule has 6 heteroatoms. The molecule has 3 rings (SSSR count). The Morgan fingerprint density at radius 2 is 1.86 bits per heavy atom. The number of aromatic nitrogens is 1. The fourth-order valence-electron chi connectivity index (χ4n) is 2.36. The zero-order valence-electron chi connectivity index (χ0n) is 10.8. The average Bonchev–Trinajstić information content (AvgIpc) is 2.70. The van der Waals surface area contributed by atoms with Gasteiger partial charge in [-0.3, -0.25) is 0 Å². The molecule has 0 bridgehead atoms. The lowest BCUT2D eigenvalue weighted by atomic mass is 10.2. The van der Waals surface area contributed by atoms with Crippen LogP contribution in [-0.2, 0) is 6.54 Å². The third-order valence-corrected chi connectivity index (χ3v) is 3.29. The minimum Gasteiger partial charge on any atom is -0.493 e. The molecule has 0 aliphatic rings. The number of rotatable bonds is 3. The van der Waals surface area contributed by atoms with Crippen LogP contribution in [0.5, 0.6) is 5.88 Å². The van der Waals surface area contributed by atoms with Gasteiger partial charge in [-0.1, -0.05) is 12.1 Å². The van der Waals surface area contributed by atoms with Crippen molar-refractivity contribution in [1.82, 2.24) is 4.57 Å². The monoisotopic (exact) mass is 288 g/mol. The summed E-state index contributed by atoms with van der Waals surface area (Å²) in [5.41, 5.74) is 0.831. The van der Waals surface area contributed by atoms with Gasteiger partial charge in [0, 0.05) is 5.39 Å². The van der Waals surface area contributed by atoms with Crippen LogP contribution >= 0.6 is 0 Å². The highest BCUT2D eigenvalue weighted by Crippen LogP contribution is 2.39. The average molecular weight is 288 g/mol. The standard InChI is InChI=1S/C15H10F2N2O2/c16-10-3-1-2-9(6-10)8-19-13-5-4-11(17)7-12(13)14(18-21)15(19)20/h1-7,20H,8H2. The van der Waals surface area contributed by atoms with Crippen LogP contribution in [-0.4, -0.2) is 9.67 Å². The maximum absolute atomic E-state index is 13.3. The second-order valence-electron chi connectivity index (χ2n) is 4.64. The molecule has 0 saturated carbocycles. The van der Waals surface area contributed by atoms with Crippen molar-refractivity contribution in [2.45, 2.75) is 6.54 Å². The highest BCUT2D eigenvalue weighted by atomic mass is 19.1. The molecule has 0 atom stereocenters. The number of nitrogens with zero attached hydrogens (tertiary/aromatic N) is 2. The Morgan fingerprint density at radius 3 is 2.57 bits per heavy atom. The number of hydrogen-bond acceptors (Lipinski definition) is 3. The Kier molecular flexibility index (Phi) is 3.13. The molecule has 0 aliphatic heterocycles. The molecule has 4 nitrogen and oxygen atoms in total. The van der Waals surface area contributed by atoms with Crippen molar-refractivity contribution in [2.75, 3.05) is 0 Å². The second-order valence-corrected chi connectivity index (χ2v) is 4.64. The molecule has 0 unspecified atom stereocenters. The van der Waals surface area contributed by atoms with Crippen molar-refractivity contribution < 1.29 is 13.9 Å². The van der Waals surface area contributed by atoms with E-state index < -0.39 is 11.6 Å². The number of aromatic hydroxyl groups is 1. The first kappa shape index (κ1) is 13.2. The molecule has 1 N–H and O–H groups in total. The molecule has 0 spiro atoms.